The Bertz CT molecular complexity index is 345. The highest BCUT2D eigenvalue weighted by Gasteiger charge is 2.41. The number of likely N-dealkylation sites (tertiary alicyclic amines) is 1. The van der Waals surface area contributed by atoms with Crippen LogP contribution in [-0.2, 0) is 4.79 Å². The third-order valence-electron chi connectivity index (χ3n) is 2.57. The Morgan fingerprint density at radius 2 is 2.60 bits per heavy atom. The summed E-state index contributed by atoms with van der Waals surface area (Å²) in [5.74, 6) is 2.53. The average molecular weight is 224 g/mol. The molecule has 1 aliphatic heterocycles. The van der Waals surface area contributed by atoms with Gasteiger partial charge in [-0.25, -0.2) is 0 Å². The van der Waals surface area contributed by atoms with Crippen molar-refractivity contribution in [2.45, 2.75) is 24.4 Å². The van der Waals surface area contributed by atoms with Crippen LogP contribution in [0.5, 0.6) is 0 Å². The molecule has 0 aliphatic carbocycles. The number of piperidine rings is 1. The predicted octanol–water partition coefficient (Wildman–Crippen LogP) is 1.90. The van der Waals surface area contributed by atoms with Crippen LogP contribution in [0.1, 0.15) is 19.3 Å². The van der Waals surface area contributed by atoms with Crippen molar-refractivity contribution in [2.75, 3.05) is 13.6 Å². The lowest BCUT2D eigenvalue weighted by Gasteiger charge is -2.38. The van der Waals surface area contributed by atoms with E-state index in [0.717, 1.165) is 19.4 Å². The molecule has 0 bridgehead atoms. The summed E-state index contributed by atoms with van der Waals surface area (Å²) in [7, 11) is 1.66. The van der Waals surface area contributed by atoms with Gasteiger partial charge in [0.05, 0.1) is 5.16 Å². The zero-order chi connectivity index (χ0) is 11.3. The average Bonchev–Trinajstić information content (AvgIpc) is 2.23. The molecule has 80 valence electrons. The van der Waals surface area contributed by atoms with E-state index in [2.05, 4.69) is 15.7 Å². The lowest BCUT2D eigenvalue weighted by molar-refractivity contribution is -0.134. The summed E-state index contributed by atoms with van der Waals surface area (Å²) in [6.07, 6.45) is 7.26. The molecule has 15 heavy (non-hydrogen) atoms. The summed E-state index contributed by atoms with van der Waals surface area (Å²) in [4.78, 5) is 19.9. The molecule has 0 spiro atoms. The smallest absolute Gasteiger partial charge is 0.233 e. The van der Waals surface area contributed by atoms with E-state index in [9.17, 15) is 4.79 Å². The van der Waals surface area contributed by atoms with Crippen molar-refractivity contribution in [1.29, 1.82) is 0 Å². The maximum atomic E-state index is 12.0. The van der Waals surface area contributed by atoms with Gasteiger partial charge in [0.15, 0.2) is 0 Å². The Labute approximate surface area is 90.7 Å². The van der Waals surface area contributed by atoms with Gasteiger partial charge in [-0.1, -0.05) is 4.88 Å². The van der Waals surface area contributed by atoms with Gasteiger partial charge in [0.2, 0.25) is 5.91 Å². The minimum atomic E-state index is -0.631. The monoisotopic (exact) mass is 224 g/mol. The number of terminal acetylenes is 1. The van der Waals surface area contributed by atoms with Crippen molar-refractivity contribution in [3.05, 3.63) is 10.4 Å². The van der Waals surface area contributed by atoms with Crippen LogP contribution in [0.25, 0.3) is 10.4 Å². The second-order valence-corrected chi connectivity index (χ2v) is 4.98. The third-order valence-corrected chi connectivity index (χ3v) is 3.82. The SMILES string of the molecule is C#CCC1(PN=[N+]=[N-])CCCN(C)C1=O. The first kappa shape index (κ1) is 11.8. The van der Waals surface area contributed by atoms with E-state index in [-0.39, 0.29) is 14.6 Å². The van der Waals surface area contributed by atoms with Crippen molar-refractivity contribution in [2.24, 2.45) is 4.88 Å². The predicted molar refractivity (Wildman–Crippen MR) is 60.5 cm³/mol. The summed E-state index contributed by atoms with van der Waals surface area (Å²) in [6.45, 7) is 0.756. The molecule has 0 aromatic carbocycles. The van der Waals surface area contributed by atoms with Crippen LogP contribution in [0.2, 0.25) is 0 Å². The molecule has 0 aromatic rings. The molecule has 2 unspecified atom stereocenters. The van der Waals surface area contributed by atoms with Gasteiger partial charge in [-0.05, 0) is 27.1 Å². The van der Waals surface area contributed by atoms with E-state index in [4.69, 9.17) is 12.0 Å². The van der Waals surface area contributed by atoms with Gasteiger partial charge in [0.25, 0.3) is 0 Å². The molecule has 5 nitrogen and oxygen atoms in total. The van der Waals surface area contributed by atoms with Gasteiger partial charge in [-0.2, -0.15) is 0 Å². The molecule has 0 N–H and O–H groups in total. The van der Waals surface area contributed by atoms with Crippen LogP contribution in [0.4, 0.5) is 0 Å². The number of carbonyl (C=O) groups is 1. The molecular weight excluding hydrogens is 211 g/mol. The summed E-state index contributed by atoms with van der Waals surface area (Å²) >= 11 is 0. The first-order chi connectivity index (χ1) is 7.16. The number of nitrogens with zero attached hydrogens (tertiary/aromatic N) is 4. The minimum absolute atomic E-state index is 0.0115. The highest BCUT2D eigenvalue weighted by Crippen LogP contribution is 2.43. The summed E-state index contributed by atoms with van der Waals surface area (Å²) < 4.78 is 0. The Morgan fingerprint density at radius 3 is 3.20 bits per heavy atom. The fourth-order valence-electron chi connectivity index (χ4n) is 1.79. The third kappa shape index (κ3) is 2.41. The van der Waals surface area contributed by atoms with E-state index < -0.39 is 5.16 Å². The van der Waals surface area contributed by atoms with Crippen LogP contribution >= 0.6 is 8.73 Å². The number of rotatable bonds is 3. The van der Waals surface area contributed by atoms with E-state index in [0.29, 0.717) is 6.42 Å². The molecular formula is C9H13N4OP. The molecule has 1 heterocycles. The Kier molecular flexibility index (Phi) is 3.96. The van der Waals surface area contributed by atoms with Gasteiger partial charge in [0.1, 0.15) is 0 Å². The molecule has 2 atom stereocenters. The van der Waals surface area contributed by atoms with E-state index in [1.54, 1.807) is 11.9 Å². The first-order valence-corrected chi connectivity index (χ1v) is 5.61. The zero-order valence-electron chi connectivity index (χ0n) is 8.60. The molecule has 1 fully saturated rings. The van der Waals surface area contributed by atoms with Crippen molar-refractivity contribution in [3.63, 3.8) is 0 Å². The van der Waals surface area contributed by atoms with Crippen molar-refractivity contribution in [3.8, 4) is 12.3 Å². The lowest BCUT2D eigenvalue weighted by Crippen LogP contribution is -2.48. The molecule has 0 saturated carbocycles. The Hall–Kier alpha value is -1.23. The Morgan fingerprint density at radius 1 is 1.87 bits per heavy atom. The number of carbonyl (C=O) groups excluding carboxylic acids is 1. The molecule has 0 radical (unpaired) electrons. The molecule has 0 aromatic heterocycles. The van der Waals surface area contributed by atoms with Crippen LogP contribution in [0, 0.1) is 12.3 Å². The van der Waals surface area contributed by atoms with Gasteiger partial charge in [-0.15, -0.1) is 12.3 Å². The quantitative estimate of drug-likeness (QED) is 0.237. The number of amides is 1. The maximum absolute atomic E-state index is 12.0. The molecule has 6 heteroatoms. The lowest BCUT2D eigenvalue weighted by atomic mass is 9.93. The number of hydrogen-bond donors (Lipinski definition) is 0. The second-order valence-electron chi connectivity index (χ2n) is 3.59. The standard InChI is InChI=1S/C9H13N4OP/c1-3-5-9(15-12-11-10)6-4-7-13(2)8(9)14/h1,15H,4-7H2,2H3. The molecule has 1 saturated heterocycles. The largest absolute Gasteiger partial charge is 0.345 e. The van der Waals surface area contributed by atoms with E-state index in [1.165, 1.54) is 0 Å². The van der Waals surface area contributed by atoms with E-state index in [1.807, 2.05) is 0 Å². The van der Waals surface area contributed by atoms with Crippen LogP contribution in [-0.4, -0.2) is 29.6 Å². The number of azide groups is 1. The molecule has 1 rings (SSSR count). The summed E-state index contributed by atoms with van der Waals surface area (Å²) in [5.41, 5.74) is 8.32. The van der Waals surface area contributed by atoms with Gasteiger partial charge in [-0.3, -0.25) is 4.79 Å². The highest BCUT2D eigenvalue weighted by atomic mass is 31.1. The fraction of sp³-hybridized carbons (Fsp3) is 0.667. The summed E-state index contributed by atoms with van der Waals surface area (Å²) in [5, 5.41) is -0.631. The highest BCUT2D eigenvalue weighted by molar-refractivity contribution is 7.39. The van der Waals surface area contributed by atoms with Crippen molar-refractivity contribution < 1.29 is 4.79 Å². The van der Waals surface area contributed by atoms with Gasteiger partial charge < -0.3 is 4.90 Å². The van der Waals surface area contributed by atoms with Crippen LogP contribution in [0.3, 0.4) is 0 Å². The van der Waals surface area contributed by atoms with Crippen LogP contribution < -0.4 is 0 Å². The zero-order valence-corrected chi connectivity index (χ0v) is 9.60. The number of hydrogen-bond acceptors (Lipinski definition) is 2. The second kappa shape index (κ2) is 5.02. The molecule has 1 amide bonds. The first-order valence-electron chi connectivity index (χ1n) is 4.66. The Balaban J connectivity index is 2.92. The summed E-state index contributed by atoms with van der Waals surface area (Å²) in [6, 6.07) is 0. The minimum Gasteiger partial charge on any atom is -0.345 e. The molecule has 1 aliphatic rings. The van der Waals surface area contributed by atoms with Crippen LogP contribution in [0.15, 0.2) is 4.88 Å². The fourth-order valence-corrected chi connectivity index (χ4v) is 2.78. The van der Waals surface area contributed by atoms with Gasteiger partial charge >= 0.3 is 0 Å². The normalized spacial score (nSPS) is 26.4. The van der Waals surface area contributed by atoms with Crippen molar-refractivity contribution >= 4 is 14.6 Å². The maximum Gasteiger partial charge on any atom is 0.233 e. The van der Waals surface area contributed by atoms with Crippen molar-refractivity contribution in [1.82, 2.24) is 4.90 Å². The topological polar surface area (TPSA) is 69.1 Å². The van der Waals surface area contributed by atoms with E-state index >= 15 is 0 Å². The van der Waals surface area contributed by atoms with Gasteiger partial charge in [0, 0.05) is 24.9 Å².